The molecule has 0 aliphatic carbocycles. The first-order valence-electron chi connectivity index (χ1n) is 8.54. The standard InChI is InChI=1S/C20H23NO3S/c1-15-10-11-19(16(2)13-15)20(22)21-12-6-7-17(21)14-25(23,24)18-8-4-3-5-9-18/h3-5,8-11,13,17H,6-7,12,14H2,1-2H3. The Labute approximate surface area is 149 Å². The first kappa shape index (κ1) is 17.7. The van der Waals surface area contributed by atoms with Gasteiger partial charge < -0.3 is 4.90 Å². The second-order valence-corrected chi connectivity index (χ2v) is 8.74. The Hall–Kier alpha value is -2.14. The van der Waals surface area contributed by atoms with Gasteiger partial charge >= 0.3 is 0 Å². The molecule has 1 atom stereocenters. The maximum atomic E-state index is 12.9. The monoisotopic (exact) mass is 357 g/mol. The van der Waals surface area contributed by atoms with Crippen molar-refractivity contribution in [1.82, 2.24) is 4.90 Å². The van der Waals surface area contributed by atoms with E-state index >= 15 is 0 Å². The molecule has 132 valence electrons. The van der Waals surface area contributed by atoms with Gasteiger partial charge in [-0.15, -0.1) is 0 Å². The highest BCUT2D eigenvalue weighted by Crippen LogP contribution is 2.25. The average Bonchev–Trinajstić information content (AvgIpc) is 3.02. The van der Waals surface area contributed by atoms with Crippen LogP contribution in [-0.4, -0.2) is 37.6 Å². The number of carbonyl (C=O) groups excluding carboxylic acids is 1. The molecule has 5 heteroatoms. The zero-order valence-electron chi connectivity index (χ0n) is 14.6. The molecule has 4 nitrogen and oxygen atoms in total. The van der Waals surface area contributed by atoms with Crippen molar-refractivity contribution in [1.29, 1.82) is 0 Å². The summed E-state index contributed by atoms with van der Waals surface area (Å²) in [6.07, 6.45) is 1.56. The SMILES string of the molecule is Cc1ccc(C(=O)N2CCCC2CS(=O)(=O)c2ccccc2)c(C)c1. The van der Waals surface area contributed by atoms with Crippen LogP contribution in [0.3, 0.4) is 0 Å². The van der Waals surface area contributed by atoms with E-state index in [1.54, 1.807) is 35.2 Å². The molecule has 0 N–H and O–H groups in total. The summed E-state index contributed by atoms with van der Waals surface area (Å²) in [5.41, 5.74) is 2.70. The number of sulfone groups is 1. The van der Waals surface area contributed by atoms with Gasteiger partial charge in [-0.05, 0) is 50.5 Å². The van der Waals surface area contributed by atoms with E-state index in [4.69, 9.17) is 0 Å². The van der Waals surface area contributed by atoms with Crippen molar-refractivity contribution in [3.05, 3.63) is 65.2 Å². The van der Waals surface area contributed by atoms with Crippen LogP contribution in [0.15, 0.2) is 53.4 Å². The number of hydrogen-bond acceptors (Lipinski definition) is 3. The summed E-state index contributed by atoms with van der Waals surface area (Å²) in [5.74, 6) is -0.0866. The zero-order valence-corrected chi connectivity index (χ0v) is 15.4. The lowest BCUT2D eigenvalue weighted by molar-refractivity contribution is 0.0748. The third kappa shape index (κ3) is 3.76. The molecule has 1 fully saturated rings. The van der Waals surface area contributed by atoms with Gasteiger partial charge in [0, 0.05) is 18.2 Å². The molecule has 2 aromatic rings. The van der Waals surface area contributed by atoms with Crippen molar-refractivity contribution >= 4 is 15.7 Å². The minimum atomic E-state index is -3.40. The molecule has 1 aliphatic rings. The summed E-state index contributed by atoms with van der Waals surface area (Å²) in [4.78, 5) is 15.0. The topological polar surface area (TPSA) is 54.5 Å². The third-order valence-corrected chi connectivity index (χ3v) is 6.58. The van der Waals surface area contributed by atoms with E-state index in [2.05, 4.69) is 0 Å². The number of benzene rings is 2. The molecule has 1 unspecified atom stereocenters. The van der Waals surface area contributed by atoms with Crippen LogP contribution in [0.2, 0.25) is 0 Å². The summed E-state index contributed by atoms with van der Waals surface area (Å²) < 4.78 is 25.3. The predicted octanol–water partition coefficient (Wildman–Crippen LogP) is 3.38. The molecular formula is C20H23NO3S. The van der Waals surface area contributed by atoms with E-state index in [1.165, 1.54) is 0 Å². The highest BCUT2D eigenvalue weighted by molar-refractivity contribution is 7.91. The maximum absolute atomic E-state index is 12.9. The smallest absolute Gasteiger partial charge is 0.254 e. The average molecular weight is 357 g/mol. The summed E-state index contributed by atoms with van der Waals surface area (Å²) in [6.45, 7) is 4.53. The number of carbonyl (C=O) groups is 1. The van der Waals surface area contributed by atoms with Crippen LogP contribution >= 0.6 is 0 Å². The predicted molar refractivity (Wildman–Crippen MR) is 98.5 cm³/mol. The van der Waals surface area contributed by atoms with Gasteiger partial charge in [-0.1, -0.05) is 35.9 Å². The van der Waals surface area contributed by atoms with Crippen LogP contribution in [0.25, 0.3) is 0 Å². The lowest BCUT2D eigenvalue weighted by atomic mass is 10.0. The van der Waals surface area contributed by atoms with E-state index < -0.39 is 9.84 Å². The molecule has 0 spiro atoms. The van der Waals surface area contributed by atoms with E-state index in [1.807, 2.05) is 32.0 Å². The second kappa shape index (κ2) is 7.00. The molecule has 0 saturated carbocycles. The first-order valence-corrected chi connectivity index (χ1v) is 10.2. The Balaban J connectivity index is 1.82. The van der Waals surface area contributed by atoms with Crippen molar-refractivity contribution in [2.75, 3.05) is 12.3 Å². The van der Waals surface area contributed by atoms with Gasteiger partial charge in [-0.3, -0.25) is 4.79 Å². The van der Waals surface area contributed by atoms with Crippen LogP contribution in [0, 0.1) is 13.8 Å². The van der Waals surface area contributed by atoms with Crippen molar-refractivity contribution < 1.29 is 13.2 Å². The molecule has 0 radical (unpaired) electrons. The molecule has 3 rings (SSSR count). The Kier molecular flexibility index (Phi) is 4.95. The maximum Gasteiger partial charge on any atom is 0.254 e. The summed E-state index contributed by atoms with van der Waals surface area (Å²) in [5, 5.41) is 0. The number of aryl methyl sites for hydroxylation is 2. The number of hydrogen-bond donors (Lipinski definition) is 0. The zero-order chi connectivity index (χ0) is 18.0. The highest BCUT2D eigenvalue weighted by atomic mass is 32.2. The van der Waals surface area contributed by atoms with Gasteiger partial charge in [0.25, 0.3) is 5.91 Å². The van der Waals surface area contributed by atoms with Crippen LogP contribution in [0.4, 0.5) is 0 Å². The fourth-order valence-corrected chi connectivity index (χ4v) is 5.08. The molecule has 0 aromatic heterocycles. The van der Waals surface area contributed by atoms with Gasteiger partial charge in [-0.25, -0.2) is 8.42 Å². The molecule has 1 amide bonds. The minimum absolute atomic E-state index is 0.0202. The molecule has 25 heavy (non-hydrogen) atoms. The normalized spacial score (nSPS) is 17.7. The lowest BCUT2D eigenvalue weighted by Crippen LogP contribution is -2.40. The Morgan fingerprint density at radius 1 is 1.12 bits per heavy atom. The van der Waals surface area contributed by atoms with Crippen LogP contribution in [-0.2, 0) is 9.84 Å². The Morgan fingerprint density at radius 2 is 1.84 bits per heavy atom. The lowest BCUT2D eigenvalue weighted by Gasteiger charge is -2.25. The summed E-state index contributed by atoms with van der Waals surface area (Å²) in [6, 6.07) is 13.9. The largest absolute Gasteiger partial charge is 0.335 e. The van der Waals surface area contributed by atoms with Crippen molar-refractivity contribution in [2.45, 2.75) is 37.6 Å². The van der Waals surface area contributed by atoms with Crippen molar-refractivity contribution in [2.24, 2.45) is 0 Å². The van der Waals surface area contributed by atoms with Gasteiger partial charge in [0.1, 0.15) is 0 Å². The van der Waals surface area contributed by atoms with Crippen LogP contribution in [0.5, 0.6) is 0 Å². The molecule has 0 bridgehead atoms. The third-order valence-electron chi connectivity index (χ3n) is 4.76. The summed E-state index contributed by atoms with van der Waals surface area (Å²) in [7, 11) is -3.40. The van der Waals surface area contributed by atoms with E-state index in [9.17, 15) is 13.2 Å². The number of nitrogens with zero attached hydrogens (tertiary/aromatic N) is 1. The van der Waals surface area contributed by atoms with E-state index in [0.717, 1.165) is 24.0 Å². The Bertz CT molecular complexity index is 875. The quantitative estimate of drug-likeness (QED) is 0.843. The second-order valence-electron chi connectivity index (χ2n) is 6.71. The summed E-state index contributed by atoms with van der Waals surface area (Å²) >= 11 is 0. The van der Waals surface area contributed by atoms with Gasteiger partial charge in [0.15, 0.2) is 9.84 Å². The molecular weight excluding hydrogens is 334 g/mol. The number of rotatable bonds is 4. The van der Waals surface area contributed by atoms with Crippen LogP contribution in [0.1, 0.15) is 34.3 Å². The molecule has 1 heterocycles. The number of amides is 1. The first-order chi connectivity index (χ1) is 11.9. The van der Waals surface area contributed by atoms with Gasteiger partial charge in [0.05, 0.1) is 10.6 Å². The van der Waals surface area contributed by atoms with Gasteiger partial charge in [-0.2, -0.15) is 0 Å². The van der Waals surface area contributed by atoms with E-state index in [0.29, 0.717) is 17.0 Å². The van der Waals surface area contributed by atoms with Crippen LogP contribution < -0.4 is 0 Å². The van der Waals surface area contributed by atoms with Gasteiger partial charge in [0.2, 0.25) is 0 Å². The van der Waals surface area contributed by atoms with E-state index in [-0.39, 0.29) is 17.7 Å². The van der Waals surface area contributed by atoms with Crippen molar-refractivity contribution in [3.63, 3.8) is 0 Å². The minimum Gasteiger partial charge on any atom is -0.335 e. The van der Waals surface area contributed by atoms with Crippen molar-refractivity contribution in [3.8, 4) is 0 Å². The fraction of sp³-hybridized carbons (Fsp3) is 0.350. The molecule has 1 saturated heterocycles. The number of likely N-dealkylation sites (tertiary alicyclic amines) is 1. The highest BCUT2D eigenvalue weighted by Gasteiger charge is 2.33. The molecule has 1 aliphatic heterocycles. The molecule has 2 aromatic carbocycles. The fourth-order valence-electron chi connectivity index (χ4n) is 3.46. The Morgan fingerprint density at radius 3 is 2.52 bits per heavy atom.